The normalized spacial score (nSPS) is 10.5. The number of nitrogens with zero attached hydrogens (tertiary/aromatic N) is 1. The van der Waals surface area contributed by atoms with Crippen LogP contribution < -0.4 is 0 Å². The third-order valence-corrected chi connectivity index (χ3v) is 2.74. The van der Waals surface area contributed by atoms with Crippen molar-refractivity contribution >= 4 is 56.0 Å². The lowest BCUT2D eigenvalue weighted by molar-refractivity contribution is 1.28. The number of thiocarbonyl (C=S) groups is 1. The molecule has 0 N–H and O–H groups in total. The van der Waals surface area contributed by atoms with Gasteiger partial charge in [-0.1, -0.05) is 15.9 Å². The van der Waals surface area contributed by atoms with Gasteiger partial charge in [-0.15, -0.1) is 0 Å². The molecule has 0 aliphatic rings. The Kier molecular flexibility index (Phi) is 2.36. The molecule has 0 unspecified atom stereocenters. The van der Waals surface area contributed by atoms with E-state index in [-0.39, 0.29) is 0 Å². The van der Waals surface area contributed by atoms with E-state index >= 15 is 0 Å². The SMILES string of the molecule is [S]C(=S)n1ccc2cc(Br)ccc21. The second kappa shape index (κ2) is 3.36. The van der Waals surface area contributed by atoms with Crippen molar-refractivity contribution in [3.05, 3.63) is 34.9 Å². The van der Waals surface area contributed by atoms with Crippen LogP contribution >= 0.6 is 40.8 Å². The van der Waals surface area contributed by atoms with Crippen molar-refractivity contribution in [1.29, 1.82) is 0 Å². The quantitative estimate of drug-likeness (QED) is 0.661. The standard InChI is InChI=1S/C9H5BrNS2/c10-7-1-2-8-6(5-7)3-4-11(8)9(12)13/h1-5H. The Labute approximate surface area is 95.3 Å². The van der Waals surface area contributed by atoms with Gasteiger partial charge in [0.05, 0.1) is 5.52 Å². The monoisotopic (exact) mass is 270 g/mol. The molecular formula is C9H5BrNS2. The molecular weight excluding hydrogens is 266 g/mol. The van der Waals surface area contributed by atoms with E-state index in [2.05, 4.69) is 15.9 Å². The maximum absolute atomic E-state index is 4.94. The number of aromatic nitrogens is 1. The molecule has 1 nitrogen and oxygen atoms in total. The Bertz CT molecular complexity index is 475. The van der Waals surface area contributed by atoms with E-state index in [4.69, 9.17) is 24.8 Å². The Morgan fingerprint density at radius 3 is 2.77 bits per heavy atom. The highest BCUT2D eigenvalue weighted by atomic mass is 79.9. The molecule has 0 aliphatic heterocycles. The largest absolute Gasteiger partial charge is 0.298 e. The molecule has 0 atom stereocenters. The van der Waals surface area contributed by atoms with Crippen molar-refractivity contribution in [2.45, 2.75) is 0 Å². The molecule has 1 aromatic carbocycles. The van der Waals surface area contributed by atoms with Crippen LogP contribution in [0.5, 0.6) is 0 Å². The van der Waals surface area contributed by atoms with E-state index in [0.717, 1.165) is 15.4 Å². The number of hydrogen-bond donors (Lipinski definition) is 0. The topological polar surface area (TPSA) is 4.93 Å². The van der Waals surface area contributed by atoms with Gasteiger partial charge >= 0.3 is 0 Å². The third-order valence-electron chi connectivity index (χ3n) is 1.85. The van der Waals surface area contributed by atoms with Crippen LogP contribution in [0.1, 0.15) is 0 Å². The van der Waals surface area contributed by atoms with Crippen molar-refractivity contribution in [2.75, 3.05) is 0 Å². The lowest BCUT2D eigenvalue weighted by Crippen LogP contribution is -1.98. The van der Waals surface area contributed by atoms with Gasteiger partial charge < -0.3 is 0 Å². The molecule has 2 aromatic rings. The minimum absolute atomic E-state index is 0.456. The van der Waals surface area contributed by atoms with Crippen LogP contribution in [0.15, 0.2) is 34.9 Å². The van der Waals surface area contributed by atoms with E-state index in [1.165, 1.54) is 0 Å². The summed E-state index contributed by atoms with van der Waals surface area (Å²) in [7, 11) is 0. The summed E-state index contributed by atoms with van der Waals surface area (Å²) in [5.74, 6) is 0. The van der Waals surface area contributed by atoms with E-state index < -0.39 is 0 Å². The van der Waals surface area contributed by atoms with Gasteiger partial charge in [-0.3, -0.25) is 4.57 Å². The minimum atomic E-state index is 0.456. The van der Waals surface area contributed by atoms with Crippen LogP contribution in [-0.2, 0) is 0 Å². The Morgan fingerprint density at radius 1 is 1.31 bits per heavy atom. The van der Waals surface area contributed by atoms with Crippen LogP contribution in [0, 0.1) is 0 Å². The lowest BCUT2D eigenvalue weighted by Gasteiger charge is -1.99. The van der Waals surface area contributed by atoms with E-state index in [0.29, 0.717) is 4.32 Å². The summed E-state index contributed by atoms with van der Waals surface area (Å²) in [6.45, 7) is 0. The molecule has 4 heteroatoms. The van der Waals surface area contributed by atoms with Crippen molar-refractivity contribution in [2.24, 2.45) is 0 Å². The maximum Gasteiger partial charge on any atom is 0.175 e. The van der Waals surface area contributed by atoms with Gasteiger partial charge in [0.15, 0.2) is 4.32 Å². The fraction of sp³-hybridized carbons (Fsp3) is 0. The number of fused-ring (bicyclic) bond motifs is 1. The highest BCUT2D eigenvalue weighted by molar-refractivity contribution is 9.10. The molecule has 0 saturated carbocycles. The van der Waals surface area contributed by atoms with Gasteiger partial charge in [0.25, 0.3) is 0 Å². The summed E-state index contributed by atoms with van der Waals surface area (Å²) < 4.78 is 3.34. The lowest BCUT2D eigenvalue weighted by atomic mass is 10.2. The molecule has 0 amide bonds. The first kappa shape index (κ1) is 9.12. The molecule has 0 aliphatic carbocycles. The molecule has 0 spiro atoms. The zero-order valence-electron chi connectivity index (χ0n) is 6.53. The van der Waals surface area contributed by atoms with Gasteiger partial charge in [0.1, 0.15) is 0 Å². The third kappa shape index (κ3) is 1.61. The summed E-state index contributed by atoms with van der Waals surface area (Å²) in [6, 6.07) is 8.02. The highest BCUT2D eigenvalue weighted by Gasteiger charge is 2.02. The highest BCUT2D eigenvalue weighted by Crippen LogP contribution is 2.21. The molecule has 1 radical (unpaired) electrons. The summed E-state index contributed by atoms with van der Waals surface area (Å²) in [6.07, 6.45) is 1.90. The first-order valence-electron chi connectivity index (χ1n) is 3.66. The molecule has 13 heavy (non-hydrogen) atoms. The van der Waals surface area contributed by atoms with Crippen LogP contribution in [0.25, 0.3) is 10.9 Å². The number of benzene rings is 1. The molecule has 0 fully saturated rings. The van der Waals surface area contributed by atoms with E-state index in [1.807, 2.05) is 35.0 Å². The average Bonchev–Trinajstić information content (AvgIpc) is 2.46. The number of hydrogen-bond acceptors (Lipinski definition) is 1. The van der Waals surface area contributed by atoms with E-state index in [1.54, 1.807) is 0 Å². The molecule has 65 valence electrons. The maximum atomic E-state index is 4.94. The first-order valence-corrected chi connectivity index (χ1v) is 5.27. The first-order chi connectivity index (χ1) is 6.18. The molecule has 0 saturated heterocycles. The molecule has 0 bridgehead atoms. The van der Waals surface area contributed by atoms with Crippen LogP contribution in [0.2, 0.25) is 0 Å². The number of rotatable bonds is 0. The fourth-order valence-electron chi connectivity index (χ4n) is 1.27. The molecule has 2 rings (SSSR count). The van der Waals surface area contributed by atoms with Crippen molar-refractivity contribution in [3.63, 3.8) is 0 Å². The van der Waals surface area contributed by atoms with Gasteiger partial charge in [0, 0.05) is 16.1 Å². The zero-order valence-corrected chi connectivity index (χ0v) is 9.75. The summed E-state index contributed by atoms with van der Waals surface area (Å²) in [5.41, 5.74) is 1.06. The predicted molar refractivity (Wildman–Crippen MR) is 65.2 cm³/mol. The van der Waals surface area contributed by atoms with Crippen LogP contribution in [-0.4, -0.2) is 8.89 Å². The van der Waals surface area contributed by atoms with Crippen LogP contribution in [0.3, 0.4) is 0 Å². The van der Waals surface area contributed by atoms with Crippen LogP contribution in [0.4, 0.5) is 0 Å². The predicted octanol–water partition coefficient (Wildman–Crippen LogP) is 3.73. The smallest absolute Gasteiger partial charge is 0.175 e. The molecule has 1 heterocycles. The summed E-state index contributed by atoms with van der Waals surface area (Å²) in [5, 5.41) is 1.14. The minimum Gasteiger partial charge on any atom is -0.298 e. The van der Waals surface area contributed by atoms with Crippen molar-refractivity contribution in [3.8, 4) is 0 Å². The van der Waals surface area contributed by atoms with Gasteiger partial charge in [-0.25, -0.2) is 0 Å². The molecule has 1 aromatic heterocycles. The average molecular weight is 271 g/mol. The number of halogens is 1. The Hall–Kier alpha value is -0.450. The zero-order chi connectivity index (χ0) is 9.42. The van der Waals surface area contributed by atoms with Crippen molar-refractivity contribution < 1.29 is 0 Å². The van der Waals surface area contributed by atoms with E-state index in [9.17, 15) is 0 Å². The van der Waals surface area contributed by atoms with Gasteiger partial charge in [-0.05, 0) is 49.1 Å². The van der Waals surface area contributed by atoms with Gasteiger partial charge in [-0.2, -0.15) is 0 Å². The fourth-order valence-corrected chi connectivity index (χ4v) is 1.97. The Morgan fingerprint density at radius 2 is 2.08 bits per heavy atom. The summed E-state index contributed by atoms with van der Waals surface area (Å²) >= 11 is 13.3. The van der Waals surface area contributed by atoms with Crippen molar-refractivity contribution in [1.82, 2.24) is 4.57 Å². The second-order valence-electron chi connectivity index (χ2n) is 2.65. The van der Waals surface area contributed by atoms with Gasteiger partial charge in [0.2, 0.25) is 0 Å². The Balaban J connectivity index is 2.76. The second-order valence-corrected chi connectivity index (χ2v) is 4.60. The summed E-state index contributed by atoms with van der Waals surface area (Å²) in [4.78, 5) is 0.